The van der Waals surface area contributed by atoms with E-state index in [1.807, 2.05) is 0 Å². The first-order valence-corrected chi connectivity index (χ1v) is 4.80. The fraction of sp³-hybridized carbons (Fsp3) is 0.900. The monoisotopic (exact) mass is 168 g/mol. The van der Waals surface area contributed by atoms with Gasteiger partial charge in [-0.15, -0.1) is 0 Å². The van der Waals surface area contributed by atoms with Crippen molar-refractivity contribution in [3.05, 3.63) is 0 Å². The third-order valence-electron chi connectivity index (χ3n) is 3.48. The number of carbonyl (C=O) groups is 1. The molecule has 2 nitrogen and oxygen atoms in total. The van der Waals surface area contributed by atoms with Crippen molar-refractivity contribution in [2.75, 3.05) is 0 Å². The van der Waals surface area contributed by atoms with Crippen molar-refractivity contribution in [1.29, 1.82) is 0 Å². The van der Waals surface area contributed by atoms with Crippen LogP contribution in [-0.2, 0) is 9.53 Å². The molecule has 2 fully saturated rings. The lowest BCUT2D eigenvalue weighted by molar-refractivity contribution is -0.160. The first-order chi connectivity index (χ1) is 5.60. The van der Waals surface area contributed by atoms with Gasteiger partial charge in [0.25, 0.3) is 0 Å². The van der Waals surface area contributed by atoms with E-state index in [1.165, 1.54) is 26.2 Å². The zero-order valence-electron chi connectivity index (χ0n) is 7.80. The van der Waals surface area contributed by atoms with Gasteiger partial charge in [-0.05, 0) is 44.4 Å². The van der Waals surface area contributed by atoms with Gasteiger partial charge in [-0.25, -0.2) is 0 Å². The second-order valence-electron chi connectivity index (χ2n) is 4.49. The van der Waals surface area contributed by atoms with Crippen LogP contribution in [0.3, 0.4) is 0 Å². The summed E-state index contributed by atoms with van der Waals surface area (Å²) in [7, 11) is 0. The van der Waals surface area contributed by atoms with Gasteiger partial charge < -0.3 is 4.74 Å². The highest BCUT2D eigenvalue weighted by molar-refractivity contribution is 5.66. The number of ether oxygens (including phenoxy) is 1. The SMILES string of the molecule is CC(=O)O[C@]1(C)C[C@@H]2CC[C@@H]1C2. The molecule has 2 bridgehead atoms. The van der Waals surface area contributed by atoms with Crippen molar-refractivity contribution >= 4 is 5.97 Å². The Hall–Kier alpha value is -0.530. The summed E-state index contributed by atoms with van der Waals surface area (Å²) in [5, 5.41) is 0. The molecule has 0 aromatic rings. The van der Waals surface area contributed by atoms with Gasteiger partial charge in [-0.3, -0.25) is 4.79 Å². The second kappa shape index (κ2) is 2.48. The summed E-state index contributed by atoms with van der Waals surface area (Å²) in [6.45, 7) is 3.61. The van der Waals surface area contributed by atoms with Gasteiger partial charge in [0.1, 0.15) is 5.60 Å². The summed E-state index contributed by atoms with van der Waals surface area (Å²) < 4.78 is 5.39. The molecular weight excluding hydrogens is 152 g/mol. The highest BCUT2D eigenvalue weighted by Gasteiger charge is 2.50. The van der Waals surface area contributed by atoms with Crippen LogP contribution in [0.2, 0.25) is 0 Å². The van der Waals surface area contributed by atoms with E-state index in [-0.39, 0.29) is 11.6 Å². The Morgan fingerprint density at radius 1 is 1.50 bits per heavy atom. The maximum absolute atomic E-state index is 10.9. The van der Waals surface area contributed by atoms with Crippen molar-refractivity contribution in [3.63, 3.8) is 0 Å². The summed E-state index contributed by atoms with van der Waals surface area (Å²) in [6, 6.07) is 0. The van der Waals surface area contributed by atoms with Crippen LogP contribution in [0.5, 0.6) is 0 Å². The number of hydrogen-bond donors (Lipinski definition) is 0. The Morgan fingerprint density at radius 3 is 2.67 bits per heavy atom. The standard InChI is InChI=1S/C10H16O2/c1-7(11)12-10(2)6-8-3-4-9(10)5-8/h8-9H,3-6H2,1-2H3/t8-,9-,10-/m1/s1. The molecule has 2 aliphatic carbocycles. The molecule has 2 heteroatoms. The van der Waals surface area contributed by atoms with Crippen LogP contribution in [-0.4, -0.2) is 11.6 Å². The van der Waals surface area contributed by atoms with Gasteiger partial charge in [0.15, 0.2) is 0 Å². The van der Waals surface area contributed by atoms with E-state index in [9.17, 15) is 4.79 Å². The molecule has 2 aliphatic rings. The van der Waals surface area contributed by atoms with Crippen LogP contribution in [0.1, 0.15) is 39.5 Å². The summed E-state index contributed by atoms with van der Waals surface area (Å²) in [5.74, 6) is 1.36. The lowest BCUT2D eigenvalue weighted by Gasteiger charge is -2.33. The van der Waals surface area contributed by atoms with E-state index < -0.39 is 0 Å². The second-order valence-corrected chi connectivity index (χ2v) is 4.49. The van der Waals surface area contributed by atoms with Gasteiger partial charge in [0, 0.05) is 6.92 Å². The predicted octanol–water partition coefficient (Wildman–Crippen LogP) is 2.13. The Balaban J connectivity index is 2.07. The minimum atomic E-state index is -0.120. The number of esters is 1. The molecule has 68 valence electrons. The van der Waals surface area contributed by atoms with Gasteiger partial charge in [-0.2, -0.15) is 0 Å². The fourth-order valence-corrected chi connectivity index (χ4v) is 3.01. The highest BCUT2D eigenvalue weighted by Crippen LogP contribution is 2.52. The van der Waals surface area contributed by atoms with Crippen LogP contribution >= 0.6 is 0 Å². The zero-order chi connectivity index (χ0) is 8.77. The predicted molar refractivity (Wildman–Crippen MR) is 45.6 cm³/mol. The maximum atomic E-state index is 10.9. The number of carbonyl (C=O) groups excluding carboxylic acids is 1. The van der Waals surface area contributed by atoms with Crippen molar-refractivity contribution in [1.82, 2.24) is 0 Å². The van der Waals surface area contributed by atoms with Crippen LogP contribution in [0.4, 0.5) is 0 Å². The Kier molecular flexibility index (Phi) is 1.67. The van der Waals surface area contributed by atoms with Gasteiger partial charge in [0.05, 0.1) is 0 Å². The molecule has 0 saturated heterocycles. The molecule has 0 aromatic heterocycles. The van der Waals surface area contributed by atoms with Crippen LogP contribution in [0.15, 0.2) is 0 Å². The first kappa shape index (κ1) is 8.09. The van der Waals surface area contributed by atoms with E-state index >= 15 is 0 Å². The van der Waals surface area contributed by atoms with Crippen LogP contribution in [0.25, 0.3) is 0 Å². The van der Waals surface area contributed by atoms with Gasteiger partial charge in [0.2, 0.25) is 0 Å². The molecule has 3 atom stereocenters. The average Bonchev–Trinajstić information content (AvgIpc) is 2.42. The van der Waals surface area contributed by atoms with Crippen LogP contribution < -0.4 is 0 Å². The summed E-state index contributed by atoms with van der Waals surface area (Å²) in [5.41, 5.74) is -0.116. The maximum Gasteiger partial charge on any atom is 0.303 e. The first-order valence-electron chi connectivity index (χ1n) is 4.80. The quantitative estimate of drug-likeness (QED) is 0.561. The van der Waals surface area contributed by atoms with E-state index in [2.05, 4.69) is 6.92 Å². The smallest absolute Gasteiger partial charge is 0.303 e. The van der Waals surface area contributed by atoms with Crippen molar-refractivity contribution in [2.24, 2.45) is 11.8 Å². The van der Waals surface area contributed by atoms with Crippen LogP contribution in [0, 0.1) is 11.8 Å². The topological polar surface area (TPSA) is 26.3 Å². The molecular formula is C10H16O2. The zero-order valence-corrected chi connectivity index (χ0v) is 7.80. The molecule has 0 aliphatic heterocycles. The Morgan fingerprint density at radius 2 is 2.25 bits per heavy atom. The molecule has 0 amide bonds. The molecule has 12 heavy (non-hydrogen) atoms. The number of fused-ring (bicyclic) bond motifs is 2. The molecule has 0 radical (unpaired) electrons. The minimum Gasteiger partial charge on any atom is -0.459 e. The lowest BCUT2D eigenvalue weighted by atomic mass is 9.86. The summed E-state index contributed by atoms with van der Waals surface area (Å²) in [6.07, 6.45) is 4.98. The van der Waals surface area contributed by atoms with Gasteiger partial charge in [-0.1, -0.05) is 0 Å². The fourth-order valence-electron chi connectivity index (χ4n) is 3.01. The highest BCUT2D eigenvalue weighted by atomic mass is 16.6. The Bertz CT molecular complexity index is 212. The van der Waals surface area contributed by atoms with E-state index in [1.54, 1.807) is 0 Å². The van der Waals surface area contributed by atoms with Gasteiger partial charge >= 0.3 is 5.97 Å². The van der Waals surface area contributed by atoms with E-state index in [0.29, 0.717) is 5.92 Å². The van der Waals surface area contributed by atoms with Crippen molar-refractivity contribution < 1.29 is 9.53 Å². The minimum absolute atomic E-state index is 0.116. The molecule has 2 rings (SSSR count). The normalized spacial score (nSPS) is 44.8. The molecule has 0 spiro atoms. The molecule has 0 unspecified atom stereocenters. The molecule has 0 N–H and O–H groups in total. The van der Waals surface area contributed by atoms with E-state index in [0.717, 1.165) is 12.3 Å². The average molecular weight is 168 g/mol. The Labute approximate surface area is 73.3 Å². The largest absolute Gasteiger partial charge is 0.459 e. The summed E-state index contributed by atoms with van der Waals surface area (Å²) >= 11 is 0. The molecule has 0 heterocycles. The lowest BCUT2D eigenvalue weighted by Crippen LogP contribution is -2.36. The molecule has 2 saturated carbocycles. The third kappa shape index (κ3) is 1.13. The molecule has 0 aromatic carbocycles. The van der Waals surface area contributed by atoms with Crippen molar-refractivity contribution in [2.45, 2.75) is 45.1 Å². The van der Waals surface area contributed by atoms with Crippen molar-refractivity contribution in [3.8, 4) is 0 Å². The van der Waals surface area contributed by atoms with E-state index in [4.69, 9.17) is 4.74 Å². The number of hydrogen-bond acceptors (Lipinski definition) is 2. The summed E-state index contributed by atoms with van der Waals surface area (Å²) in [4.78, 5) is 10.9. The third-order valence-corrected chi connectivity index (χ3v) is 3.48. The number of rotatable bonds is 1.